The van der Waals surface area contributed by atoms with Crippen LogP contribution in [0.2, 0.25) is 0 Å². The highest BCUT2D eigenvalue weighted by atomic mass is 16.5. The van der Waals surface area contributed by atoms with Crippen LogP contribution in [-0.4, -0.2) is 51.1 Å². The molecule has 0 radical (unpaired) electrons. The average Bonchev–Trinajstić information content (AvgIpc) is 3.31. The Labute approximate surface area is 200 Å². The Balaban J connectivity index is 1.45. The molecule has 2 aromatic carbocycles. The fourth-order valence-corrected chi connectivity index (χ4v) is 3.90. The van der Waals surface area contributed by atoms with E-state index in [0.29, 0.717) is 11.5 Å². The van der Waals surface area contributed by atoms with Gasteiger partial charge in [-0.2, -0.15) is 10.2 Å². The second-order valence-electron chi connectivity index (χ2n) is 8.11. The number of hydrogen-bond acceptors (Lipinski definition) is 7. The summed E-state index contributed by atoms with van der Waals surface area (Å²) in [5.41, 5.74) is 6.92. The van der Waals surface area contributed by atoms with Crippen LogP contribution in [-0.2, 0) is 6.54 Å². The Morgan fingerprint density at radius 1 is 1.06 bits per heavy atom. The molecule has 0 aliphatic carbocycles. The maximum Gasteiger partial charge on any atom is 0.168 e. The zero-order valence-electron chi connectivity index (χ0n) is 20.0. The molecule has 1 N–H and O–H groups in total. The van der Waals surface area contributed by atoms with E-state index in [4.69, 9.17) is 4.74 Å². The van der Waals surface area contributed by atoms with Gasteiger partial charge in [0.2, 0.25) is 0 Å². The van der Waals surface area contributed by atoms with E-state index < -0.39 is 0 Å². The molecule has 0 aliphatic heterocycles. The summed E-state index contributed by atoms with van der Waals surface area (Å²) >= 11 is 0. The van der Waals surface area contributed by atoms with E-state index in [9.17, 15) is 0 Å². The van der Waals surface area contributed by atoms with Crippen molar-refractivity contribution >= 4 is 23.1 Å². The molecular formula is C26H31N7O. The van der Waals surface area contributed by atoms with Crippen LogP contribution in [0, 0.1) is 0 Å². The molecular weight excluding hydrogens is 426 g/mol. The Morgan fingerprint density at radius 3 is 2.59 bits per heavy atom. The third kappa shape index (κ3) is 5.58. The Morgan fingerprint density at radius 2 is 1.85 bits per heavy atom. The maximum absolute atomic E-state index is 5.32. The van der Waals surface area contributed by atoms with E-state index in [1.165, 1.54) is 24.7 Å². The van der Waals surface area contributed by atoms with Crippen LogP contribution >= 0.6 is 0 Å². The van der Waals surface area contributed by atoms with Crippen molar-refractivity contribution < 1.29 is 4.74 Å². The monoisotopic (exact) mass is 457 g/mol. The van der Waals surface area contributed by atoms with Crippen molar-refractivity contribution in [3.63, 3.8) is 0 Å². The number of hydrogen-bond donors (Lipinski definition) is 1. The maximum atomic E-state index is 5.32. The number of anilines is 1. The smallest absolute Gasteiger partial charge is 0.168 e. The number of nitrogens with one attached hydrogen (secondary N) is 1. The van der Waals surface area contributed by atoms with Crippen LogP contribution < -0.4 is 10.2 Å². The molecule has 2 heterocycles. The summed E-state index contributed by atoms with van der Waals surface area (Å²) in [6.07, 6.45) is 7.38. The molecule has 8 heteroatoms. The first kappa shape index (κ1) is 23.4. The van der Waals surface area contributed by atoms with Gasteiger partial charge in [0.05, 0.1) is 30.6 Å². The van der Waals surface area contributed by atoms with Crippen LogP contribution in [0.3, 0.4) is 0 Å². The molecule has 0 amide bonds. The van der Waals surface area contributed by atoms with Crippen LogP contribution in [0.1, 0.15) is 37.8 Å². The quantitative estimate of drug-likeness (QED) is 0.255. The third-order valence-corrected chi connectivity index (χ3v) is 5.51. The number of ether oxygens (including phenoxy) is 1. The molecule has 34 heavy (non-hydrogen) atoms. The molecule has 176 valence electrons. The second-order valence-corrected chi connectivity index (χ2v) is 8.11. The van der Waals surface area contributed by atoms with Gasteiger partial charge in [-0.3, -0.25) is 10.3 Å². The highest BCUT2D eigenvalue weighted by Crippen LogP contribution is 2.23. The normalized spacial score (nSPS) is 11.5. The molecule has 0 spiro atoms. The zero-order valence-corrected chi connectivity index (χ0v) is 20.0. The molecule has 0 fully saturated rings. The van der Waals surface area contributed by atoms with Gasteiger partial charge in [0, 0.05) is 12.6 Å². The molecule has 4 aromatic rings. The van der Waals surface area contributed by atoms with Gasteiger partial charge in [0.1, 0.15) is 12.1 Å². The van der Waals surface area contributed by atoms with Gasteiger partial charge >= 0.3 is 0 Å². The van der Waals surface area contributed by atoms with Gasteiger partial charge in [-0.25, -0.2) is 14.6 Å². The van der Waals surface area contributed by atoms with Crippen molar-refractivity contribution in [3.05, 3.63) is 72.2 Å². The number of methoxy groups -OCH3 is 1. The molecule has 2 aromatic heterocycles. The molecule has 0 saturated heterocycles. The Hall–Kier alpha value is -3.78. The standard InChI is InChI=1S/C26H31N7O/c1-4-13-32(14-5-2)18-21-11-9-20(10-12-21)16-29-31-25-24-17-30-33(26(24)28-19-27-25)22-7-6-8-23(15-22)34-3/h6-12,15-17,19H,4-5,13-14,18H2,1-3H3,(H,27,28,31). The number of fused-ring (bicyclic) bond motifs is 1. The Bertz CT molecular complexity index is 1230. The highest BCUT2D eigenvalue weighted by Gasteiger charge is 2.11. The van der Waals surface area contributed by atoms with Crippen molar-refractivity contribution in [2.75, 3.05) is 25.6 Å². The van der Waals surface area contributed by atoms with Gasteiger partial charge in [0.15, 0.2) is 11.5 Å². The molecule has 8 nitrogen and oxygen atoms in total. The van der Waals surface area contributed by atoms with Crippen LogP contribution in [0.25, 0.3) is 16.7 Å². The average molecular weight is 458 g/mol. The van der Waals surface area contributed by atoms with Gasteiger partial charge in [-0.15, -0.1) is 0 Å². The summed E-state index contributed by atoms with van der Waals surface area (Å²) in [6.45, 7) is 7.69. The molecule has 0 bridgehead atoms. The number of aromatic nitrogens is 4. The van der Waals surface area contributed by atoms with E-state index in [1.807, 2.05) is 24.3 Å². The summed E-state index contributed by atoms with van der Waals surface area (Å²) in [4.78, 5) is 11.2. The number of hydrazone groups is 1. The van der Waals surface area contributed by atoms with Crippen molar-refractivity contribution in [1.82, 2.24) is 24.6 Å². The fraction of sp³-hybridized carbons (Fsp3) is 0.308. The first-order chi connectivity index (χ1) is 16.7. The third-order valence-electron chi connectivity index (χ3n) is 5.51. The van der Waals surface area contributed by atoms with E-state index in [-0.39, 0.29) is 0 Å². The van der Waals surface area contributed by atoms with Crippen molar-refractivity contribution in [3.8, 4) is 11.4 Å². The predicted molar refractivity (Wildman–Crippen MR) is 137 cm³/mol. The van der Waals surface area contributed by atoms with Crippen molar-refractivity contribution in [2.45, 2.75) is 33.2 Å². The highest BCUT2D eigenvalue weighted by molar-refractivity contribution is 5.88. The molecule has 0 aliphatic rings. The van der Waals surface area contributed by atoms with Crippen LogP contribution in [0.4, 0.5) is 5.82 Å². The minimum Gasteiger partial charge on any atom is -0.497 e. The van der Waals surface area contributed by atoms with Crippen molar-refractivity contribution in [1.29, 1.82) is 0 Å². The summed E-state index contributed by atoms with van der Waals surface area (Å²) in [7, 11) is 1.64. The minimum absolute atomic E-state index is 0.599. The fourth-order valence-electron chi connectivity index (χ4n) is 3.90. The molecule has 0 unspecified atom stereocenters. The zero-order chi connectivity index (χ0) is 23.8. The first-order valence-corrected chi connectivity index (χ1v) is 11.6. The van der Waals surface area contributed by atoms with E-state index in [0.717, 1.165) is 42.0 Å². The van der Waals surface area contributed by atoms with Crippen LogP contribution in [0.5, 0.6) is 5.75 Å². The van der Waals surface area contributed by atoms with E-state index in [1.54, 1.807) is 24.2 Å². The largest absolute Gasteiger partial charge is 0.497 e. The number of nitrogens with zero attached hydrogens (tertiary/aromatic N) is 6. The predicted octanol–water partition coefficient (Wildman–Crippen LogP) is 4.89. The lowest BCUT2D eigenvalue weighted by Gasteiger charge is -2.20. The van der Waals surface area contributed by atoms with Gasteiger partial charge < -0.3 is 4.74 Å². The van der Waals surface area contributed by atoms with Gasteiger partial charge in [-0.05, 0) is 49.2 Å². The van der Waals surface area contributed by atoms with Crippen LogP contribution in [0.15, 0.2) is 66.2 Å². The summed E-state index contributed by atoms with van der Waals surface area (Å²) in [5, 5.41) is 9.66. The lowest BCUT2D eigenvalue weighted by molar-refractivity contribution is 0.266. The minimum atomic E-state index is 0.599. The topological polar surface area (TPSA) is 80.5 Å². The van der Waals surface area contributed by atoms with E-state index in [2.05, 4.69) is 68.6 Å². The first-order valence-electron chi connectivity index (χ1n) is 11.6. The second kappa shape index (κ2) is 11.4. The van der Waals surface area contributed by atoms with Gasteiger partial charge in [-0.1, -0.05) is 44.2 Å². The number of rotatable bonds is 11. The molecule has 0 atom stereocenters. The molecule has 0 saturated carbocycles. The summed E-state index contributed by atoms with van der Waals surface area (Å²) in [6, 6.07) is 16.2. The summed E-state index contributed by atoms with van der Waals surface area (Å²) in [5.74, 6) is 1.36. The lowest BCUT2D eigenvalue weighted by Crippen LogP contribution is -2.24. The van der Waals surface area contributed by atoms with Crippen molar-refractivity contribution in [2.24, 2.45) is 5.10 Å². The van der Waals surface area contributed by atoms with Gasteiger partial charge in [0.25, 0.3) is 0 Å². The number of benzene rings is 2. The SMILES string of the molecule is CCCN(CCC)Cc1ccc(C=NNc2ncnc3c2cnn3-c2cccc(OC)c2)cc1. The Kier molecular flexibility index (Phi) is 7.83. The molecule has 4 rings (SSSR count). The lowest BCUT2D eigenvalue weighted by atomic mass is 10.1. The summed E-state index contributed by atoms with van der Waals surface area (Å²) < 4.78 is 7.08. The van der Waals surface area contributed by atoms with E-state index >= 15 is 0 Å².